The summed E-state index contributed by atoms with van der Waals surface area (Å²) in [6, 6.07) is 10.2. The van der Waals surface area contributed by atoms with Crippen molar-refractivity contribution in [1.29, 1.82) is 0 Å². The molecule has 0 spiro atoms. The molecular weight excluding hydrogens is 341 g/mol. The maximum Gasteiger partial charge on any atom is 0.323 e. The number of nitrogens with zero attached hydrogens (tertiary/aromatic N) is 1. The average Bonchev–Trinajstić information content (AvgIpc) is 2.82. The van der Waals surface area contributed by atoms with Crippen LogP contribution in [0.1, 0.15) is 12.0 Å². The van der Waals surface area contributed by atoms with Gasteiger partial charge in [-0.15, -0.1) is 0 Å². The maximum atomic E-state index is 11.9. The number of carbonyl (C=O) groups excluding carboxylic acids is 1. The fourth-order valence-corrected chi connectivity index (χ4v) is 3.47. The smallest absolute Gasteiger partial charge is 0.323 e. The van der Waals surface area contributed by atoms with Crippen LogP contribution in [0.3, 0.4) is 0 Å². The van der Waals surface area contributed by atoms with Crippen LogP contribution in [0.5, 0.6) is 0 Å². The molecule has 0 aromatic heterocycles. The largest absolute Gasteiger partial charge is 0.468 e. The van der Waals surface area contributed by atoms with Gasteiger partial charge in [0.05, 0.1) is 7.11 Å². The van der Waals surface area contributed by atoms with Crippen LogP contribution in [-0.2, 0) is 16.1 Å². The highest BCUT2D eigenvalue weighted by Gasteiger charge is 2.39. The molecule has 1 fully saturated rings. The van der Waals surface area contributed by atoms with Crippen molar-refractivity contribution < 1.29 is 9.53 Å². The molecule has 0 saturated carbocycles. The quantitative estimate of drug-likeness (QED) is 0.470. The minimum absolute atomic E-state index is 0.0768. The van der Waals surface area contributed by atoms with E-state index in [0.29, 0.717) is 5.92 Å². The molecule has 1 aromatic rings. The zero-order valence-corrected chi connectivity index (χ0v) is 12.7. The first-order valence-electron chi connectivity index (χ1n) is 6.18. The van der Waals surface area contributed by atoms with Crippen molar-refractivity contribution in [1.82, 2.24) is 4.90 Å². The van der Waals surface area contributed by atoms with Crippen LogP contribution in [0.4, 0.5) is 0 Å². The monoisotopic (exact) mass is 359 g/mol. The van der Waals surface area contributed by atoms with Gasteiger partial charge in [0, 0.05) is 11.0 Å². The molecule has 1 saturated heterocycles. The number of alkyl halides is 1. The van der Waals surface area contributed by atoms with Gasteiger partial charge in [-0.3, -0.25) is 9.69 Å². The lowest BCUT2D eigenvalue weighted by Gasteiger charge is -2.25. The van der Waals surface area contributed by atoms with Crippen LogP contribution in [-0.4, -0.2) is 35.0 Å². The zero-order valence-electron chi connectivity index (χ0n) is 10.5. The standard InChI is InChI=1S/C14H18INO2/c1-18-14(17)13-12(9-15)7-8-16(13)10-11-5-3-2-4-6-11/h2-6,12-13H,7-10H2,1H3/t12-,13-/m1/s1. The van der Waals surface area contributed by atoms with E-state index in [9.17, 15) is 4.79 Å². The van der Waals surface area contributed by atoms with Gasteiger partial charge in [-0.05, 0) is 24.4 Å². The minimum atomic E-state index is -0.0925. The van der Waals surface area contributed by atoms with Crippen LogP contribution >= 0.6 is 22.6 Å². The van der Waals surface area contributed by atoms with Crippen molar-refractivity contribution in [3.05, 3.63) is 35.9 Å². The lowest BCUT2D eigenvalue weighted by Crippen LogP contribution is -2.40. The molecule has 1 heterocycles. The minimum Gasteiger partial charge on any atom is -0.468 e. The van der Waals surface area contributed by atoms with Crippen molar-refractivity contribution in [3.8, 4) is 0 Å². The number of methoxy groups -OCH3 is 1. The van der Waals surface area contributed by atoms with E-state index in [2.05, 4.69) is 39.6 Å². The van der Waals surface area contributed by atoms with E-state index >= 15 is 0 Å². The van der Waals surface area contributed by atoms with Gasteiger partial charge in [0.15, 0.2) is 0 Å². The van der Waals surface area contributed by atoms with E-state index in [-0.39, 0.29) is 12.0 Å². The molecule has 0 N–H and O–H groups in total. The number of benzene rings is 1. The van der Waals surface area contributed by atoms with Crippen molar-refractivity contribution >= 4 is 28.6 Å². The summed E-state index contributed by atoms with van der Waals surface area (Å²) in [5.74, 6) is 0.326. The van der Waals surface area contributed by atoms with Crippen LogP contribution < -0.4 is 0 Å². The summed E-state index contributed by atoms with van der Waals surface area (Å²) < 4.78 is 5.95. The van der Waals surface area contributed by atoms with Crippen molar-refractivity contribution in [2.45, 2.75) is 19.0 Å². The van der Waals surface area contributed by atoms with E-state index in [0.717, 1.165) is 23.9 Å². The number of hydrogen-bond acceptors (Lipinski definition) is 3. The summed E-state index contributed by atoms with van der Waals surface area (Å²) in [6.07, 6.45) is 1.08. The van der Waals surface area contributed by atoms with Gasteiger partial charge in [-0.25, -0.2) is 0 Å². The molecule has 0 aliphatic carbocycles. The lowest BCUT2D eigenvalue weighted by atomic mass is 10.0. The lowest BCUT2D eigenvalue weighted by molar-refractivity contribution is -0.147. The molecule has 1 aliphatic rings. The van der Waals surface area contributed by atoms with Gasteiger partial charge < -0.3 is 4.74 Å². The Labute approximate surface area is 122 Å². The van der Waals surface area contributed by atoms with Gasteiger partial charge in [-0.1, -0.05) is 52.9 Å². The molecule has 0 radical (unpaired) electrons. The Morgan fingerprint density at radius 2 is 2.17 bits per heavy atom. The Bertz CT molecular complexity index is 396. The van der Waals surface area contributed by atoms with Gasteiger partial charge in [-0.2, -0.15) is 0 Å². The van der Waals surface area contributed by atoms with Crippen LogP contribution in [0, 0.1) is 5.92 Å². The molecule has 4 heteroatoms. The Kier molecular flexibility index (Phi) is 5.00. The molecule has 1 aromatic carbocycles. The molecule has 1 aliphatic heterocycles. The number of carbonyl (C=O) groups is 1. The fraction of sp³-hybridized carbons (Fsp3) is 0.500. The van der Waals surface area contributed by atoms with E-state index in [1.165, 1.54) is 12.7 Å². The first-order chi connectivity index (χ1) is 8.76. The summed E-state index contributed by atoms with van der Waals surface area (Å²) >= 11 is 2.36. The third-order valence-electron chi connectivity index (χ3n) is 3.50. The fourth-order valence-electron chi connectivity index (χ4n) is 2.55. The first-order valence-corrected chi connectivity index (χ1v) is 7.70. The predicted octanol–water partition coefficient (Wildman–Crippen LogP) is 2.49. The van der Waals surface area contributed by atoms with E-state index in [1.54, 1.807) is 0 Å². The number of likely N-dealkylation sites (tertiary alicyclic amines) is 1. The molecule has 2 rings (SSSR count). The molecule has 0 amide bonds. The molecular formula is C14H18INO2. The van der Waals surface area contributed by atoms with Gasteiger partial charge in [0.1, 0.15) is 6.04 Å². The van der Waals surface area contributed by atoms with Crippen LogP contribution in [0.2, 0.25) is 0 Å². The Morgan fingerprint density at radius 1 is 1.44 bits per heavy atom. The van der Waals surface area contributed by atoms with E-state index in [4.69, 9.17) is 4.74 Å². The number of hydrogen-bond donors (Lipinski definition) is 0. The van der Waals surface area contributed by atoms with E-state index in [1.807, 2.05) is 18.2 Å². The normalized spacial score (nSPS) is 24.1. The van der Waals surface area contributed by atoms with Crippen LogP contribution in [0.15, 0.2) is 30.3 Å². The Morgan fingerprint density at radius 3 is 2.78 bits per heavy atom. The second kappa shape index (κ2) is 6.52. The van der Waals surface area contributed by atoms with Crippen molar-refractivity contribution in [2.75, 3.05) is 18.1 Å². The first kappa shape index (κ1) is 13.8. The highest BCUT2D eigenvalue weighted by atomic mass is 127. The van der Waals surface area contributed by atoms with Crippen molar-refractivity contribution in [3.63, 3.8) is 0 Å². The second-order valence-corrected chi connectivity index (χ2v) is 5.51. The zero-order chi connectivity index (χ0) is 13.0. The average molecular weight is 359 g/mol. The third kappa shape index (κ3) is 3.03. The van der Waals surface area contributed by atoms with Crippen molar-refractivity contribution in [2.24, 2.45) is 5.92 Å². The third-order valence-corrected chi connectivity index (χ3v) is 4.63. The highest BCUT2D eigenvalue weighted by Crippen LogP contribution is 2.28. The molecule has 0 unspecified atom stereocenters. The summed E-state index contributed by atoms with van der Waals surface area (Å²) in [4.78, 5) is 14.2. The summed E-state index contributed by atoms with van der Waals surface area (Å²) in [5.41, 5.74) is 1.25. The van der Waals surface area contributed by atoms with E-state index < -0.39 is 0 Å². The SMILES string of the molecule is COC(=O)[C@H]1[C@@H](CI)CCN1Cc1ccccc1. The number of rotatable bonds is 4. The number of ether oxygens (including phenoxy) is 1. The van der Waals surface area contributed by atoms with Gasteiger partial charge >= 0.3 is 5.97 Å². The molecule has 0 bridgehead atoms. The molecule has 98 valence electrons. The highest BCUT2D eigenvalue weighted by molar-refractivity contribution is 14.1. The summed E-state index contributed by atoms with van der Waals surface area (Å²) in [7, 11) is 1.48. The topological polar surface area (TPSA) is 29.5 Å². The van der Waals surface area contributed by atoms with Crippen LogP contribution in [0.25, 0.3) is 0 Å². The summed E-state index contributed by atoms with van der Waals surface area (Å²) in [6.45, 7) is 1.80. The predicted molar refractivity (Wildman–Crippen MR) is 79.7 cm³/mol. The Balaban J connectivity index is 2.09. The Hall–Kier alpha value is -0.620. The molecule has 2 atom stereocenters. The summed E-state index contributed by atoms with van der Waals surface area (Å²) in [5, 5.41) is 0. The number of esters is 1. The maximum absolute atomic E-state index is 11.9. The van der Waals surface area contributed by atoms with Gasteiger partial charge in [0.25, 0.3) is 0 Å². The van der Waals surface area contributed by atoms with Gasteiger partial charge in [0.2, 0.25) is 0 Å². The molecule has 3 nitrogen and oxygen atoms in total. The number of halogens is 1. The molecule has 18 heavy (non-hydrogen) atoms. The second-order valence-electron chi connectivity index (χ2n) is 4.63.